The Bertz CT molecular complexity index is 592. The lowest BCUT2D eigenvalue weighted by Gasteiger charge is -2.16. The van der Waals surface area contributed by atoms with Gasteiger partial charge in [-0.05, 0) is 0 Å². The van der Waals surface area contributed by atoms with Gasteiger partial charge in [-0.3, -0.25) is 19.1 Å². The average molecular weight is 272 g/mol. The van der Waals surface area contributed by atoms with Gasteiger partial charge in [-0.25, -0.2) is 4.79 Å². The van der Waals surface area contributed by atoms with Crippen molar-refractivity contribution in [1.82, 2.24) is 9.55 Å². The number of hydrogen-bond acceptors (Lipinski definition) is 6. The second-order valence-corrected chi connectivity index (χ2v) is 4.16. The van der Waals surface area contributed by atoms with E-state index in [1.165, 1.54) is 0 Å². The molecule has 1 aliphatic heterocycles. The van der Waals surface area contributed by atoms with E-state index in [1.807, 2.05) is 4.98 Å². The van der Waals surface area contributed by atoms with E-state index in [0.29, 0.717) is 0 Å². The van der Waals surface area contributed by atoms with E-state index in [9.17, 15) is 24.6 Å². The van der Waals surface area contributed by atoms with E-state index in [-0.39, 0.29) is 0 Å². The average Bonchev–Trinajstić information content (AvgIpc) is 2.57. The second kappa shape index (κ2) is 4.96. The summed E-state index contributed by atoms with van der Waals surface area (Å²) in [5, 5.41) is 28.1. The standard InChI is InChI=1S/C10H12N2O7/c13-5-1-2-12(10(18)11-5)9-8(17)7(16)4(19-9)3-6(14)15/h1-2,4,7-9,16-17H,3H2,(H,14,15)(H,11,13,18). The number of carboxylic acid groups (broad SMARTS) is 1. The lowest BCUT2D eigenvalue weighted by atomic mass is 10.1. The van der Waals surface area contributed by atoms with Gasteiger partial charge < -0.3 is 20.1 Å². The molecule has 4 atom stereocenters. The summed E-state index contributed by atoms with van der Waals surface area (Å²) in [6.45, 7) is 0. The summed E-state index contributed by atoms with van der Waals surface area (Å²) >= 11 is 0. The van der Waals surface area contributed by atoms with Crippen LogP contribution >= 0.6 is 0 Å². The highest BCUT2D eigenvalue weighted by atomic mass is 16.6. The molecule has 4 N–H and O–H groups in total. The third kappa shape index (κ3) is 2.57. The third-order valence-corrected chi connectivity index (χ3v) is 2.84. The molecule has 0 saturated carbocycles. The number of aliphatic carboxylic acids is 1. The van der Waals surface area contributed by atoms with Crippen molar-refractivity contribution in [3.8, 4) is 0 Å². The van der Waals surface area contributed by atoms with Crippen LogP contribution in [0.4, 0.5) is 0 Å². The SMILES string of the molecule is O=C(O)CC1OC(n2ccc(=O)[nH]c2=O)C(O)C1O. The molecule has 2 rings (SSSR count). The van der Waals surface area contributed by atoms with Gasteiger partial charge in [-0.15, -0.1) is 0 Å². The predicted octanol–water partition coefficient (Wildman–Crippen LogP) is -2.37. The van der Waals surface area contributed by atoms with Crippen molar-refractivity contribution in [2.45, 2.75) is 31.0 Å². The monoisotopic (exact) mass is 272 g/mol. The number of carbonyl (C=O) groups is 1. The van der Waals surface area contributed by atoms with E-state index in [4.69, 9.17) is 9.84 Å². The van der Waals surface area contributed by atoms with Crippen LogP contribution in [0.1, 0.15) is 12.6 Å². The molecule has 104 valence electrons. The molecule has 9 heteroatoms. The van der Waals surface area contributed by atoms with Crippen LogP contribution in [0, 0.1) is 0 Å². The maximum atomic E-state index is 11.5. The first-order valence-electron chi connectivity index (χ1n) is 5.45. The third-order valence-electron chi connectivity index (χ3n) is 2.84. The number of aromatic amines is 1. The van der Waals surface area contributed by atoms with Gasteiger partial charge in [-0.2, -0.15) is 0 Å². The van der Waals surface area contributed by atoms with Crippen molar-refractivity contribution in [1.29, 1.82) is 0 Å². The molecular weight excluding hydrogens is 260 g/mol. The highest BCUT2D eigenvalue weighted by Gasteiger charge is 2.44. The molecule has 4 unspecified atom stereocenters. The Morgan fingerprint density at radius 1 is 1.37 bits per heavy atom. The van der Waals surface area contributed by atoms with Gasteiger partial charge >= 0.3 is 11.7 Å². The highest BCUT2D eigenvalue weighted by molar-refractivity contribution is 5.67. The van der Waals surface area contributed by atoms with Crippen LogP contribution in [0.3, 0.4) is 0 Å². The van der Waals surface area contributed by atoms with Gasteiger partial charge in [-0.1, -0.05) is 0 Å². The number of aromatic nitrogens is 2. The highest BCUT2D eigenvalue weighted by Crippen LogP contribution is 2.29. The summed E-state index contributed by atoms with van der Waals surface area (Å²) < 4.78 is 6.05. The molecule has 1 aromatic rings. The van der Waals surface area contributed by atoms with E-state index >= 15 is 0 Å². The second-order valence-electron chi connectivity index (χ2n) is 4.16. The molecule has 0 aliphatic carbocycles. The molecule has 0 bridgehead atoms. The van der Waals surface area contributed by atoms with Crippen molar-refractivity contribution in [2.75, 3.05) is 0 Å². The topological polar surface area (TPSA) is 142 Å². The Hall–Kier alpha value is -1.97. The molecule has 1 saturated heterocycles. The lowest BCUT2D eigenvalue weighted by Crippen LogP contribution is -2.37. The Labute approximate surface area is 105 Å². The molecule has 0 radical (unpaired) electrons. The number of nitrogens with one attached hydrogen (secondary N) is 1. The summed E-state index contributed by atoms with van der Waals surface area (Å²) in [5.74, 6) is -1.20. The zero-order valence-corrected chi connectivity index (χ0v) is 9.59. The fraction of sp³-hybridized carbons (Fsp3) is 0.500. The summed E-state index contributed by atoms with van der Waals surface area (Å²) in [7, 11) is 0. The smallest absolute Gasteiger partial charge is 0.330 e. The lowest BCUT2D eigenvalue weighted by molar-refractivity contribution is -0.142. The van der Waals surface area contributed by atoms with Gasteiger partial charge in [0, 0.05) is 12.3 Å². The van der Waals surface area contributed by atoms with Gasteiger partial charge in [0.1, 0.15) is 12.2 Å². The number of H-pyrrole nitrogens is 1. The molecular formula is C10H12N2O7. The summed E-state index contributed by atoms with van der Waals surface area (Å²) in [6.07, 6.45) is -4.68. The molecule has 19 heavy (non-hydrogen) atoms. The van der Waals surface area contributed by atoms with E-state index in [2.05, 4.69) is 0 Å². The van der Waals surface area contributed by atoms with Crippen molar-refractivity contribution in [2.24, 2.45) is 0 Å². The molecule has 0 aromatic carbocycles. The number of nitrogens with zero attached hydrogens (tertiary/aromatic N) is 1. The normalized spacial score (nSPS) is 30.4. The Morgan fingerprint density at radius 2 is 2.05 bits per heavy atom. The largest absolute Gasteiger partial charge is 0.481 e. The van der Waals surface area contributed by atoms with Gasteiger partial charge in [0.25, 0.3) is 5.56 Å². The van der Waals surface area contributed by atoms with E-state index in [0.717, 1.165) is 16.8 Å². The number of aliphatic hydroxyl groups excluding tert-OH is 2. The first-order chi connectivity index (χ1) is 8.90. The van der Waals surface area contributed by atoms with Crippen LogP contribution in [-0.2, 0) is 9.53 Å². The van der Waals surface area contributed by atoms with Gasteiger partial charge in [0.15, 0.2) is 6.23 Å². The number of hydrogen-bond donors (Lipinski definition) is 4. The molecule has 9 nitrogen and oxygen atoms in total. The van der Waals surface area contributed by atoms with Crippen molar-refractivity contribution in [3.05, 3.63) is 33.1 Å². The Balaban J connectivity index is 2.28. The molecule has 1 aromatic heterocycles. The fourth-order valence-electron chi connectivity index (χ4n) is 1.93. The molecule has 1 fully saturated rings. The number of rotatable bonds is 3. The van der Waals surface area contributed by atoms with Gasteiger partial charge in [0.05, 0.1) is 12.5 Å². The zero-order valence-electron chi connectivity index (χ0n) is 9.59. The van der Waals surface area contributed by atoms with Crippen LogP contribution in [0.2, 0.25) is 0 Å². The molecule has 2 heterocycles. The van der Waals surface area contributed by atoms with Crippen LogP contribution in [-0.4, -0.2) is 49.2 Å². The Morgan fingerprint density at radius 3 is 2.63 bits per heavy atom. The van der Waals surface area contributed by atoms with Crippen molar-refractivity contribution < 1.29 is 24.9 Å². The van der Waals surface area contributed by atoms with Crippen molar-refractivity contribution in [3.63, 3.8) is 0 Å². The van der Waals surface area contributed by atoms with Crippen LogP contribution < -0.4 is 11.2 Å². The first-order valence-corrected chi connectivity index (χ1v) is 5.45. The summed E-state index contributed by atoms with van der Waals surface area (Å²) in [4.78, 5) is 35.0. The molecule has 0 amide bonds. The fourth-order valence-corrected chi connectivity index (χ4v) is 1.93. The van der Waals surface area contributed by atoms with Crippen molar-refractivity contribution >= 4 is 5.97 Å². The zero-order chi connectivity index (χ0) is 14.2. The number of ether oxygens (including phenoxy) is 1. The first kappa shape index (κ1) is 13.5. The maximum absolute atomic E-state index is 11.5. The van der Waals surface area contributed by atoms with Gasteiger partial charge in [0.2, 0.25) is 0 Å². The number of carboxylic acids is 1. The van der Waals surface area contributed by atoms with Crippen LogP contribution in [0.15, 0.2) is 21.9 Å². The van der Waals surface area contributed by atoms with Crippen LogP contribution in [0.25, 0.3) is 0 Å². The quantitative estimate of drug-likeness (QED) is 0.481. The minimum Gasteiger partial charge on any atom is -0.481 e. The minimum absolute atomic E-state index is 0.507. The maximum Gasteiger partial charge on any atom is 0.330 e. The molecule has 1 aliphatic rings. The number of aliphatic hydroxyl groups is 2. The minimum atomic E-state index is -1.46. The summed E-state index contributed by atoms with van der Waals surface area (Å²) in [5.41, 5.74) is -1.43. The molecule has 0 spiro atoms. The van der Waals surface area contributed by atoms with Crippen LogP contribution in [0.5, 0.6) is 0 Å². The Kier molecular flexibility index (Phi) is 3.51. The summed E-state index contributed by atoms with van der Waals surface area (Å²) in [6, 6.07) is 1.05. The predicted molar refractivity (Wildman–Crippen MR) is 59.5 cm³/mol. The van der Waals surface area contributed by atoms with E-state index in [1.54, 1.807) is 0 Å². The van der Waals surface area contributed by atoms with E-state index < -0.39 is 48.2 Å².